The molecule has 0 aromatic heterocycles. The highest BCUT2D eigenvalue weighted by atomic mass is 32.2. The van der Waals surface area contributed by atoms with Gasteiger partial charge in [-0.2, -0.15) is 0 Å². The minimum Gasteiger partial charge on any atom is -0.476 e. The fourth-order valence-corrected chi connectivity index (χ4v) is 1.26. The standard InChI is InChI=1S/C6H9NOS/c1-3-5-4-7-6(8-2)9-5/h3H,4H2,1-2H3/b5-3-. The van der Waals surface area contributed by atoms with E-state index in [4.69, 9.17) is 4.74 Å². The second-order valence-electron chi connectivity index (χ2n) is 1.64. The van der Waals surface area contributed by atoms with Crippen LogP contribution in [-0.2, 0) is 4.74 Å². The molecule has 1 rings (SSSR count). The molecular formula is C6H9NOS. The number of aliphatic imine (C=N–C) groups is 1. The van der Waals surface area contributed by atoms with Gasteiger partial charge in [0.25, 0.3) is 5.23 Å². The number of thioether (sulfide) groups is 1. The molecule has 1 aliphatic rings. The summed E-state index contributed by atoms with van der Waals surface area (Å²) in [5, 5.41) is 0.781. The number of ether oxygens (including phenoxy) is 1. The molecule has 0 saturated carbocycles. The van der Waals surface area contributed by atoms with Crippen molar-refractivity contribution in [2.75, 3.05) is 13.7 Å². The van der Waals surface area contributed by atoms with Crippen molar-refractivity contribution in [3.8, 4) is 0 Å². The maximum atomic E-state index is 4.92. The van der Waals surface area contributed by atoms with Crippen molar-refractivity contribution in [1.29, 1.82) is 0 Å². The van der Waals surface area contributed by atoms with E-state index in [0.717, 1.165) is 11.8 Å². The van der Waals surface area contributed by atoms with Gasteiger partial charge in [0.15, 0.2) is 0 Å². The Balaban J connectivity index is 2.50. The Morgan fingerprint density at radius 1 is 1.78 bits per heavy atom. The SMILES string of the molecule is C/C=C1/CN=C(OC)S1. The smallest absolute Gasteiger partial charge is 0.250 e. The number of hydrogen-bond donors (Lipinski definition) is 0. The lowest BCUT2D eigenvalue weighted by molar-refractivity contribution is 0.416. The summed E-state index contributed by atoms with van der Waals surface area (Å²) >= 11 is 1.60. The molecule has 0 fully saturated rings. The van der Waals surface area contributed by atoms with Crippen molar-refractivity contribution < 1.29 is 4.74 Å². The van der Waals surface area contributed by atoms with Gasteiger partial charge < -0.3 is 4.74 Å². The maximum Gasteiger partial charge on any atom is 0.250 e. The lowest BCUT2D eigenvalue weighted by Crippen LogP contribution is -1.87. The Hall–Kier alpha value is -0.440. The van der Waals surface area contributed by atoms with E-state index in [9.17, 15) is 0 Å². The van der Waals surface area contributed by atoms with E-state index in [2.05, 4.69) is 11.1 Å². The Morgan fingerprint density at radius 2 is 2.56 bits per heavy atom. The second-order valence-corrected chi connectivity index (χ2v) is 2.72. The minimum atomic E-state index is 0.781. The molecule has 2 nitrogen and oxygen atoms in total. The van der Waals surface area contributed by atoms with Gasteiger partial charge in [-0.05, 0) is 18.7 Å². The fraction of sp³-hybridized carbons (Fsp3) is 0.500. The molecule has 3 heteroatoms. The summed E-state index contributed by atoms with van der Waals surface area (Å²) in [4.78, 5) is 5.37. The van der Waals surface area contributed by atoms with Crippen LogP contribution >= 0.6 is 11.8 Å². The number of hydrogen-bond acceptors (Lipinski definition) is 3. The Morgan fingerprint density at radius 3 is 2.89 bits per heavy atom. The lowest BCUT2D eigenvalue weighted by Gasteiger charge is -1.92. The highest BCUT2D eigenvalue weighted by molar-refractivity contribution is 8.17. The summed E-state index contributed by atoms with van der Waals surface area (Å²) in [6.45, 7) is 2.81. The molecule has 0 aromatic rings. The van der Waals surface area contributed by atoms with Gasteiger partial charge in [-0.15, -0.1) is 0 Å². The fourth-order valence-electron chi connectivity index (χ4n) is 0.576. The second kappa shape index (κ2) is 2.92. The van der Waals surface area contributed by atoms with E-state index < -0.39 is 0 Å². The molecule has 0 bridgehead atoms. The van der Waals surface area contributed by atoms with Crippen LogP contribution in [0.25, 0.3) is 0 Å². The van der Waals surface area contributed by atoms with Gasteiger partial charge in [-0.25, -0.2) is 4.99 Å². The summed E-state index contributed by atoms with van der Waals surface area (Å²) in [6, 6.07) is 0. The van der Waals surface area contributed by atoms with Crippen LogP contribution in [0.1, 0.15) is 6.92 Å². The first-order chi connectivity index (χ1) is 4.36. The Labute approximate surface area is 59.0 Å². The van der Waals surface area contributed by atoms with Crippen molar-refractivity contribution in [2.45, 2.75) is 6.92 Å². The molecular weight excluding hydrogens is 134 g/mol. The van der Waals surface area contributed by atoms with Gasteiger partial charge in [0, 0.05) is 4.91 Å². The van der Waals surface area contributed by atoms with Crippen molar-refractivity contribution in [3.05, 3.63) is 11.0 Å². The molecule has 1 heterocycles. The molecule has 0 amide bonds. The summed E-state index contributed by atoms with van der Waals surface area (Å²) in [7, 11) is 1.64. The van der Waals surface area contributed by atoms with E-state index in [1.807, 2.05) is 6.92 Å². The van der Waals surface area contributed by atoms with E-state index in [-0.39, 0.29) is 0 Å². The molecule has 0 saturated heterocycles. The van der Waals surface area contributed by atoms with E-state index in [1.54, 1.807) is 18.9 Å². The quantitative estimate of drug-likeness (QED) is 0.514. The molecule has 0 atom stereocenters. The number of rotatable bonds is 0. The summed E-state index contributed by atoms with van der Waals surface area (Å²) in [6.07, 6.45) is 2.06. The van der Waals surface area contributed by atoms with E-state index >= 15 is 0 Å². The van der Waals surface area contributed by atoms with Crippen molar-refractivity contribution >= 4 is 17.0 Å². The Kier molecular flexibility index (Phi) is 2.16. The molecule has 0 aliphatic carbocycles. The zero-order chi connectivity index (χ0) is 6.69. The van der Waals surface area contributed by atoms with Crippen LogP contribution in [0, 0.1) is 0 Å². The topological polar surface area (TPSA) is 21.6 Å². The first-order valence-corrected chi connectivity index (χ1v) is 3.60. The van der Waals surface area contributed by atoms with Gasteiger partial charge in [0.05, 0.1) is 13.7 Å². The summed E-state index contributed by atoms with van der Waals surface area (Å²) in [5.41, 5.74) is 0. The van der Waals surface area contributed by atoms with Gasteiger partial charge in [0.1, 0.15) is 0 Å². The largest absolute Gasteiger partial charge is 0.476 e. The van der Waals surface area contributed by atoms with Crippen LogP contribution in [0.4, 0.5) is 0 Å². The first kappa shape index (κ1) is 6.68. The third-order valence-corrected chi connectivity index (χ3v) is 2.18. The zero-order valence-electron chi connectivity index (χ0n) is 5.55. The van der Waals surface area contributed by atoms with Crippen molar-refractivity contribution in [2.24, 2.45) is 4.99 Å². The van der Waals surface area contributed by atoms with Gasteiger partial charge >= 0.3 is 0 Å². The average molecular weight is 143 g/mol. The van der Waals surface area contributed by atoms with Crippen LogP contribution in [0.2, 0.25) is 0 Å². The summed E-state index contributed by atoms with van der Waals surface area (Å²) in [5.74, 6) is 0. The zero-order valence-corrected chi connectivity index (χ0v) is 6.36. The Bertz CT molecular complexity index is 162. The van der Waals surface area contributed by atoms with Crippen LogP contribution in [0.15, 0.2) is 16.0 Å². The average Bonchev–Trinajstić information content (AvgIpc) is 2.34. The van der Waals surface area contributed by atoms with Crippen molar-refractivity contribution in [1.82, 2.24) is 0 Å². The molecule has 0 radical (unpaired) electrons. The molecule has 9 heavy (non-hydrogen) atoms. The normalized spacial score (nSPS) is 22.4. The van der Waals surface area contributed by atoms with E-state index in [1.165, 1.54) is 4.91 Å². The van der Waals surface area contributed by atoms with Crippen LogP contribution < -0.4 is 0 Å². The number of allylic oxidation sites excluding steroid dienone is 1. The first-order valence-electron chi connectivity index (χ1n) is 2.78. The molecule has 50 valence electrons. The van der Waals surface area contributed by atoms with Crippen molar-refractivity contribution in [3.63, 3.8) is 0 Å². The predicted molar refractivity (Wildman–Crippen MR) is 40.7 cm³/mol. The van der Waals surface area contributed by atoms with Gasteiger partial charge in [0.2, 0.25) is 0 Å². The van der Waals surface area contributed by atoms with E-state index in [0.29, 0.717) is 0 Å². The monoisotopic (exact) mass is 143 g/mol. The molecule has 0 unspecified atom stereocenters. The highest BCUT2D eigenvalue weighted by Crippen LogP contribution is 2.24. The predicted octanol–water partition coefficient (Wildman–Crippen LogP) is 1.64. The molecule has 0 spiro atoms. The van der Waals surface area contributed by atoms with Crippen LogP contribution in [0.5, 0.6) is 0 Å². The van der Waals surface area contributed by atoms with Crippen LogP contribution in [-0.4, -0.2) is 18.9 Å². The lowest BCUT2D eigenvalue weighted by atomic mass is 10.5. The van der Waals surface area contributed by atoms with Gasteiger partial charge in [-0.3, -0.25) is 0 Å². The highest BCUT2D eigenvalue weighted by Gasteiger charge is 2.10. The summed E-state index contributed by atoms with van der Waals surface area (Å²) < 4.78 is 4.92. The third kappa shape index (κ3) is 1.48. The molecule has 0 N–H and O–H groups in total. The third-order valence-electron chi connectivity index (χ3n) is 1.08. The van der Waals surface area contributed by atoms with Crippen LogP contribution in [0.3, 0.4) is 0 Å². The minimum absolute atomic E-state index is 0.781. The molecule has 1 aliphatic heterocycles. The number of methoxy groups -OCH3 is 1. The molecule has 0 aromatic carbocycles. The number of nitrogens with zero attached hydrogens (tertiary/aromatic N) is 1. The van der Waals surface area contributed by atoms with Gasteiger partial charge in [-0.1, -0.05) is 6.08 Å². The maximum absolute atomic E-state index is 4.92.